The first-order chi connectivity index (χ1) is 11.2. The second kappa shape index (κ2) is 5.60. The molecular formula is C17H23BN2O4. The standard InChI is InChI=1S/C17H23BN2O4/c1-7-20-14(15(21)22-6)12-10-11(8-9-13(12)19-20)18-23-16(2,3)17(4,5)24-18/h8-10H,7H2,1-6H3. The zero-order chi connectivity index (χ0) is 17.7. The summed E-state index contributed by atoms with van der Waals surface area (Å²) in [7, 11) is 0.897. The van der Waals surface area contributed by atoms with Crippen LogP contribution in [0.25, 0.3) is 10.9 Å². The van der Waals surface area contributed by atoms with Gasteiger partial charge in [0, 0.05) is 11.9 Å². The predicted molar refractivity (Wildman–Crippen MR) is 92.5 cm³/mol. The first kappa shape index (κ1) is 17.0. The lowest BCUT2D eigenvalue weighted by molar-refractivity contribution is 0.00578. The largest absolute Gasteiger partial charge is 0.494 e. The van der Waals surface area contributed by atoms with Gasteiger partial charge in [-0.3, -0.25) is 4.68 Å². The van der Waals surface area contributed by atoms with Gasteiger partial charge < -0.3 is 14.0 Å². The molecule has 1 aromatic heterocycles. The van der Waals surface area contributed by atoms with Crippen LogP contribution in [0.2, 0.25) is 0 Å². The van der Waals surface area contributed by atoms with E-state index in [4.69, 9.17) is 14.0 Å². The molecule has 1 aliphatic rings. The molecule has 0 unspecified atom stereocenters. The number of hydrogen-bond acceptors (Lipinski definition) is 5. The average molecular weight is 330 g/mol. The molecule has 0 amide bonds. The molecule has 0 spiro atoms. The van der Waals surface area contributed by atoms with Gasteiger partial charge in [-0.1, -0.05) is 12.1 Å². The number of nitrogens with zero attached hydrogens (tertiary/aromatic N) is 2. The second-order valence-corrected chi connectivity index (χ2v) is 7.02. The number of carbonyl (C=O) groups excluding carboxylic acids is 1. The Morgan fingerprint density at radius 1 is 1.25 bits per heavy atom. The van der Waals surface area contributed by atoms with Crippen molar-refractivity contribution in [3.8, 4) is 0 Å². The average Bonchev–Trinajstić information content (AvgIpc) is 3.00. The Balaban J connectivity index is 2.07. The molecular weight excluding hydrogens is 307 g/mol. The molecule has 0 saturated carbocycles. The highest BCUT2D eigenvalue weighted by atomic mass is 16.7. The number of hydrogen-bond donors (Lipinski definition) is 0. The van der Waals surface area contributed by atoms with Gasteiger partial charge in [-0.2, -0.15) is 5.10 Å². The van der Waals surface area contributed by atoms with Crippen LogP contribution in [0.4, 0.5) is 0 Å². The van der Waals surface area contributed by atoms with E-state index in [0.717, 1.165) is 16.4 Å². The zero-order valence-electron chi connectivity index (χ0n) is 15.0. The van der Waals surface area contributed by atoms with Crippen LogP contribution in [0.1, 0.15) is 45.1 Å². The Bertz CT molecular complexity index is 781. The Morgan fingerprint density at radius 2 is 1.88 bits per heavy atom. The molecule has 128 valence electrons. The van der Waals surface area contributed by atoms with E-state index >= 15 is 0 Å². The van der Waals surface area contributed by atoms with Crippen LogP contribution in [0.15, 0.2) is 18.2 Å². The van der Waals surface area contributed by atoms with Gasteiger partial charge >= 0.3 is 13.1 Å². The summed E-state index contributed by atoms with van der Waals surface area (Å²) in [6, 6.07) is 5.72. The number of rotatable bonds is 3. The van der Waals surface area contributed by atoms with Crippen molar-refractivity contribution >= 4 is 29.5 Å². The second-order valence-electron chi connectivity index (χ2n) is 7.02. The summed E-state index contributed by atoms with van der Waals surface area (Å²) in [6.45, 7) is 10.6. The molecule has 1 saturated heterocycles. The maximum Gasteiger partial charge on any atom is 0.494 e. The molecule has 1 aromatic carbocycles. The highest BCUT2D eigenvalue weighted by Gasteiger charge is 2.51. The van der Waals surface area contributed by atoms with Crippen molar-refractivity contribution in [2.24, 2.45) is 0 Å². The highest BCUT2D eigenvalue weighted by molar-refractivity contribution is 6.62. The van der Waals surface area contributed by atoms with Crippen molar-refractivity contribution in [3.05, 3.63) is 23.9 Å². The molecule has 2 heterocycles. The predicted octanol–water partition coefficient (Wildman–Crippen LogP) is 2.14. The minimum atomic E-state index is -0.477. The van der Waals surface area contributed by atoms with Gasteiger partial charge in [0.25, 0.3) is 0 Å². The molecule has 1 fully saturated rings. The molecule has 2 aromatic rings. The van der Waals surface area contributed by atoms with Crippen LogP contribution < -0.4 is 5.46 Å². The fraction of sp³-hybridized carbons (Fsp3) is 0.529. The quantitative estimate of drug-likeness (QED) is 0.637. The number of aromatic nitrogens is 2. The van der Waals surface area contributed by atoms with Crippen LogP contribution in [0, 0.1) is 0 Å². The van der Waals surface area contributed by atoms with E-state index in [1.165, 1.54) is 7.11 Å². The number of esters is 1. The molecule has 3 rings (SSSR count). The van der Waals surface area contributed by atoms with Crippen LogP contribution >= 0.6 is 0 Å². The number of methoxy groups -OCH3 is 1. The zero-order valence-corrected chi connectivity index (χ0v) is 15.0. The summed E-state index contributed by atoms with van der Waals surface area (Å²) >= 11 is 0. The maximum atomic E-state index is 12.2. The van der Waals surface area contributed by atoms with Crippen LogP contribution in [0.3, 0.4) is 0 Å². The first-order valence-electron chi connectivity index (χ1n) is 8.14. The smallest absolute Gasteiger partial charge is 0.464 e. The molecule has 0 bridgehead atoms. The van der Waals surface area contributed by atoms with Crippen molar-refractivity contribution in [2.75, 3.05) is 7.11 Å². The van der Waals surface area contributed by atoms with Gasteiger partial charge in [0.1, 0.15) is 0 Å². The summed E-state index contributed by atoms with van der Waals surface area (Å²) in [4.78, 5) is 12.2. The van der Waals surface area contributed by atoms with Crippen molar-refractivity contribution in [1.29, 1.82) is 0 Å². The Morgan fingerprint density at radius 3 is 2.42 bits per heavy atom. The van der Waals surface area contributed by atoms with Gasteiger partial charge in [-0.25, -0.2) is 4.79 Å². The van der Waals surface area contributed by atoms with Gasteiger partial charge in [-0.05, 0) is 46.1 Å². The number of aryl methyl sites for hydroxylation is 1. The van der Waals surface area contributed by atoms with Crippen molar-refractivity contribution < 1.29 is 18.8 Å². The Kier molecular flexibility index (Phi) is 3.96. The van der Waals surface area contributed by atoms with E-state index in [-0.39, 0.29) is 0 Å². The van der Waals surface area contributed by atoms with Crippen LogP contribution in [-0.4, -0.2) is 41.2 Å². The highest BCUT2D eigenvalue weighted by Crippen LogP contribution is 2.36. The van der Waals surface area contributed by atoms with Crippen LogP contribution in [-0.2, 0) is 20.6 Å². The van der Waals surface area contributed by atoms with Gasteiger partial charge in [0.15, 0.2) is 5.69 Å². The molecule has 7 heteroatoms. The third kappa shape index (κ3) is 2.52. The summed E-state index contributed by atoms with van der Waals surface area (Å²) in [5.74, 6) is -0.398. The molecule has 0 atom stereocenters. The van der Waals surface area contributed by atoms with Gasteiger partial charge in [0.05, 0.1) is 23.8 Å². The minimum Gasteiger partial charge on any atom is -0.464 e. The SMILES string of the molecule is CCn1nc2ccc(B3OC(C)(C)C(C)(C)O3)cc2c1C(=O)OC. The molecule has 0 N–H and O–H groups in total. The van der Waals surface area contributed by atoms with Crippen molar-refractivity contribution in [1.82, 2.24) is 9.78 Å². The number of ether oxygens (including phenoxy) is 1. The van der Waals surface area contributed by atoms with E-state index in [9.17, 15) is 4.79 Å². The summed E-state index contributed by atoms with van der Waals surface area (Å²) in [5.41, 5.74) is 1.24. The molecule has 0 radical (unpaired) electrons. The van der Waals surface area contributed by atoms with E-state index in [0.29, 0.717) is 12.2 Å². The molecule has 1 aliphatic heterocycles. The lowest BCUT2D eigenvalue weighted by Gasteiger charge is -2.32. The fourth-order valence-corrected chi connectivity index (χ4v) is 2.82. The third-order valence-electron chi connectivity index (χ3n) is 4.97. The number of benzene rings is 1. The van der Waals surface area contributed by atoms with E-state index < -0.39 is 24.3 Å². The van der Waals surface area contributed by atoms with Crippen molar-refractivity contribution in [3.63, 3.8) is 0 Å². The molecule has 6 nitrogen and oxygen atoms in total. The maximum absolute atomic E-state index is 12.2. The van der Waals surface area contributed by atoms with E-state index in [1.807, 2.05) is 52.8 Å². The first-order valence-corrected chi connectivity index (χ1v) is 8.14. The lowest BCUT2D eigenvalue weighted by Crippen LogP contribution is -2.41. The number of carbonyl (C=O) groups is 1. The summed E-state index contributed by atoms with van der Waals surface area (Å²) in [5, 5.41) is 5.21. The summed E-state index contributed by atoms with van der Waals surface area (Å²) < 4.78 is 18.8. The number of fused-ring (bicyclic) bond motifs is 1. The fourth-order valence-electron chi connectivity index (χ4n) is 2.82. The Labute approximate surface area is 142 Å². The lowest BCUT2D eigenvalue weighted by atomic mass is 9.78. The monoisotopic (exact) mass is 330 g/mol. The normalized spacial score (nSPS) is 19.0. The van der Waals surface area contributed by atoms with Crippen molar-refractivity contribution in [2.45, 2.75) is 52.4 Å². The van der Waals surface area contributed by atoms with Gasteiger partial charge in [0.2, 0.25) is 0 Å². The summed E-state index contributed by atoms with van der Waals surface area (Å²) in [6.07, 6.45) is 0. The Hall–Kier alpha value is -1.86. The minimum absolute atomic E-state index is 0.398. The molecule has 24 heavy (non-hydrogen) atoms. The third-order valence-corrected chi connectivity index (χ3v) is 4.97. The van der Waals surface area contributed by atoms with E-state index in [1.54, 1.807) is 4.68 Å². The molecule has 0 aliphatic carbocycles. The van der Waals surface area contributed by atoms with E-state index in [2.05, 4.69) is 5.10 Å². The topological polar surface area (TPSA) is 62.6 Å². The van der Waals surface area contributed by atoms with Gasteiger partial charge in [-0.15, -0.1) is 0 Å². The van der Waals surface area contributed by atoms with Crippen LogP contribution in [0.5, 0.6) is 0 Å².